The average Bonchev–Trinajstić information content (AvgIpc) is 3.01. The molecule has 2 atom stereocenters. The van der Waals surface area contributed by atoms with Crippen LogP contribution in [0, 0.1) is 5.92 Å². The van der Waals surface area contributed by atoms with E-state index in [9.17, 15) is 18.0 Å². The summed E-state index contributed by atoms with van der Waals surface area (Å²) in [6.45, 7) is 8.06. The first-order chi connectivity index (χ1) is 21.9. The van der Waals surface area contributed by atoms with Crippen LogP contribution in [0.4, 0.5) is 11.4 Å². The largest absolute Gasteiger partial charge is 0.494 e. The highest BCUT2D eigenvalue weighted by Crippen LogP contribution is 2.31. The second kappa shape index (κ2) is 16.7. The Morgan fingerprint density at radius 2 is 1.70 bits per heavy atom. The van der Waals surface area contributed by atoms with Crippen LogP contribution in [-0.2, 0) is 24.1 Å². The standard InChI is InChI=1S/C18H26O8S.C15H15N3O/c1-4-6-9-14(5-2)12-24-18(20)15-10-7-8-11-16(15)25-17(19)13(3)26-27(21,22)23;1-2-19-10-4-6-13-12(8-10)15(17)11-5-3-9(16)7-14(11)18-13/h7-8,10-11,13-14H,4-6,9,12H2,1-3H3,(H,21,22,23);3-8H,2,16H2,1H3,(H2,17,18). The van der Waals surface area contributed by atoms with Crippen molar-refractivity contribution in [3.63, 3.8) is 0 Å². The number of benzene rings is 3. The molecule has 13 heteroatoms. The monoisotopic (exact) mass is 655 g/mol. The minimum atomic E-state index is -4.81. The van der Waals surface area contributed by atoms with E-state index in [-0.39, 0.29) is 23.8 Å². The van der Waals surface area contributed by atoms with Crippen LogP contribution in [0.25, 0.3) is 21.8 Å². The number of nitrogens with zero attached hydrogens (tertiary/aromatic N) is 1. The van der Waals surface area contributed by atoms with Gasteiger partial charge in [0.1, 0.15) is 17.1 Å². The fourth-order valence-electron chi connectivity index (χ4n) is 4.54. The first-order valence-corrected chi connectivity index (χ1v) is 16.4. The number of ether oxygens (including phenoxy) is 3. The number of aromatic nitrogens is 1. The van der Waals surface area contributed by atoms with Crippen molar-refractivity contribution in [1.29, 1.82) is 0 Å². The van der Waals surface area contributed by atoms with Crippen LogP contribution in [0.1, 0.15) is 63.7 Å². The average molecular weight is 656 g/mol. The van der Waals surface area contributed by atoms with E-state index >= 15 is 0 Å². The van der Waals surface area contributed by atoms with E-state index in [1.807, 2.05) is 50.2 Å². The quantitative estimate of drug-likeness (QED) is 0.0492. The van der Waals surface area contributed by atoms with E-state index in [0.717, 1.165) is 60.2 Å². The zero-order valence-corrected chi connectivity index (χ0v) is 27.2. The molecule has 248 valence electrons. The molecule has 4 aromatic rings. The van der Waals surface area contributed by atoms with Crippen LogP contribution in [0.15, 0.2) is 60.7 Å². The zero-order valence-electron chi connectivity index (χ0n) is 26.4. The predicted molar refractivity (Wildman–Crippen MR) is 177 cm³/mol. The molecule has 0 saturated carbocycles. The van der Waals surface area contributed by atoms with Gasteiger partial charge in [0.2, 0.25) is 0 Å². The first-order valence-electron chi connectivity index (χ1n) is 15.0. The number of esters is 2. The molecule has 0 aliphatic rings. The van der Waals surface area contributed by atoms with Crippen molar-refractivity contribution in [3.05, 3.63) is 66.2 Å². The van der Waals surface area contributed by atoms with Crippen molar-refractivity contribution in [2.45, 2.75) is 59.5 Å². The number of hydrogen-bond donors (Lipinski definition) is 3. The van der Waals surface area contributed by atoms with Gasteiger partial charge in [-0.1, -0.05) is 45.2 Å². The van der Waals surface area contributed by atoms with Gasteiger partial charge in [-0.25, -0.2) is 18.8 Å². The summed E-state index contributed by atoms with van der Waals surface area (Å²) in [5.74, 6) is -0.746. The van der Waals surface area contributed by atoms with E-state index in [1.54, 1.807) is 12.1 Å². The Morgan fingerprint density at radius 3 is 2.37 bits per heavy atom. The summed E-state index contributed by atoms with van der Waals surface area (Å²) in [7, 11) is -4.81. The molecule has 12 nitrogen and oxygen atoms in total. The van der Waals surface area contributed by atoms with Crippen LogP contribution in [-0.4, -0.2) is 49.2 Å². The number of nitrogens with two attached hydrogens (primary N) is 2. The molecule has 3 aromatic carbocycles. The molecule has 0 spiro atoms. The molecule has 0 aliphatic carbocycles. The number of para-hydroxylation sites is 1. The minimum absolute atomic E-state index is 0.0373. The summed E-state index contributed by atoms with van der Waals surface area (Å²) in [5, 5.41) is 1.82. The van der Waals surface area contributed by atoms with Crippen LogP contribution in [0.2, 0.25) is 0 Å². The molecule has 46 heavy (non-hydrogen) atoms. The lowest BCUT2D eigenvalue weighted by molar-refractivity contribution is -0.141. The maximum Gasteiger partial charge on any atom is 0.398 e. The van der Waals surface area contributed by atoms with Gasteiger partial charge in [-0.15, -0.1) is 0 Å². The number of carbonyl (C=O) groups is 2. The summed E-state index contributed by atoms with van der Waals surface area (Å²) in [6.07, 6.45) is 2.38. The molecule has 4 rings (SSSR count). The summed E-state index contributed by atoms with van der Waals surface area (Å²) in [6, 6.07) is 17.3. The Morgan fingerprint density at radius 1 is 0.957 bits per heavy atom. The molecule has 0 amide bonds. The smallest absolute Gasteiger partial charge is 0.398 e. The Hall–Kier alpha value is -4.46. The molecule has 0 saturated heterocycles. The fourth-order valence-corrected chi connectivity index (χ4v) is 4.98. The number of rotatable bonds is 13. The third kappa shape index (κ3) is 10.3. The highest BCUT2D eigenvalue weighted by Gasteiger charge is 2.24. The first kappa shape index (κ1) is 36.0. The van der Waals surface area contributed by atoms with Gasteiger partial charge < -0.3 is 25.7 Å². The van der Waals surface area contributed by atoms with Gasteiger partial charge in [0.25, 0.3) is 0 Å². The van der Waals surface area contributed by atoms with Crippen molar-refractivity contribution in [3.8, 4) is 11.5 Å². The maximum absolute atomic E-state index is 12.4. The normalized spacial score (nSPS) is 12.5. The highest BCUT2D eigenvalue weighted by molar-refractivity contribution is 7.80. The van der Waals surface area contributed by atoms with Gasteiger partial charge in [-0.3, -0.25) is 4.55 Å². The fraction of sp³-hybridized carbons (Fsp3) is 0.364. The number of unbranched alkanes of at least 4 members (excludes halogenated alkanes) is 1. The summed E-state index contributed by atoms with van der Waals surface area (Å²) >= 11 is 0. The molecular formula is C33H41N3O9S. The van der Waals surface area contributed by atoms with Gasteiger partial charge in [0.05, 0.1) is 29.9 Å². The Kier molecular flexibility index (Phi) is 13.1. The van der Waals surface area contributed by atoms with E-state index in [2.05, 4.69) is 16.1 Å². The Bertz CT molecular complexity index is 1760. The van der Waals surface area contributed by atoms with E-state index in [0.29, 0.717) is 18.0 Å². The van der Waals surface area contributed by atoms with Gasteiger partial charge in [-0.05, 0) is 74.7 Å². The second-order valence-corrected chi connectivity index (χ2v) is 11.6. The van der Waals surface area contributed by atoms with E-state index in [4.69, 9.17) is 30.2 Å². The van der Waals surface area contributed by atoms with Crippen molar-refractivity contribution < 1.29 is 41.0 Å². The number of hydrogen-bond acceptors (Lipinski definition) is 11. The molecule has 1 aromatic heterocycles. The molecule has 2 unspecified atom stereocenters. The van der Waals surface area contributed by atoms with Crippen molar-refractivity contribution in [2.75, 3.05) is 24.7 Å². The van der Waals surface area contributed by atoms with E-state index in [1.165, 1.54) is 12.1 Å². The summed E-state index contributed by atoms with van der Waals surface area (Å²) in [4.78, 5) is 28.9. The summed E-state index contributed by atoms with van der Waals surface area (Å²) in [5.41, 5.74) is 15.1. The SMILES string of the molecule is CCCCC(CC)COC(=O)c1ccccc1OC(=O)C(C)OS(=O)(=O)O.CCOc1ccc2nc3cc(N)ccc3c(N)c2c1. The third-order valence-corrected chi connectivity index (χ3v) is 7.56. The molecule has 0 aliphatic heterocycles. The number of fused-ring (bicyclic) bond motifs is 2. The zero-order chi connectivity index (χ0) is 33.9. The number of anilines is 2. The lowest BCUT2D eigenvalue weighted by Gasteiger charge is -2.16. The number of pyridine rings is 1. The molecule has 0 bridgehead atoms. The third-order valence-electron chi connectivity index (χ3n) is 7.03. The van der Waals surface area contributed by atoms with Gasteiger partial charge >= 0.3 is 22.3 Å². The van der Waals surface area contributed by atoms with Crippen molar-refractivity contribution in [1.82, 2.24) is 4.98 Å². The number of nitrogen functional groups attached to an aromatic ring is 2. The van der Waals surface area contributed by atoms with Crippen LogP contribution < -0.4 is 20.9 Å². The predicted octanol–water partition coefficient (Wildman–Crippen LogP) is 6.12. The lowest BCUT2D eigenvalue weighted by Crippen LogP contribution is -2.28. The van der Waals surface area contributed by atoms with Gasteiger partial charge in [-0.2, -0.15) is 8.42 Å². The molecule has 0 fully saturated rings. The Labute approximate surface area is 268 Å². The molecular weight excluding hydrogens is 614 g/mol. The maximum atomic E-state index is 12.4. The lowest BCUT2D eigenvalue weighted by atomic mass is 10.0. The van der Waals surface area contributed by atoms with Gasteiger partial charge in [0, 0.05) is 16.5 Å². The van der Waals surface area contributed by atoms with Crippen LogP contribution >= 0.6 is 0 Å². The second-order valence-electron chi connectivity index (χ2n) is 10.5. The van der Waals surface area contributed by atoms with Gasteiger partial charge in [0.15, 0.2) is 6.10 Å². The highest BCUT2D eigenvalue weighted by atomic mass is 32.3. The topological polar surface area (TPSA) is 190 Å². The molecule has 0 radical (unpaired) electrons. The minimum Gasteiger partial charge on any atom is -0.494 e. The van der Waals surface area contributed by atoms with Crippen LogP contribution in [0.3, 0.4) is 0 Å². The molecule has 5 N–H and O–H groups in total. The molecule has 1 heterocycles. The van der Waals surface area contributed by atoms with Crippen molar-refractivity contribution in [2.24, 2.45) is 5.92 Å². The number of carbonyl (C=O) groups excluding carboxylic acids is 2. The van der Waals surface area contributed by atoms with Crippen molar-refractivity contribution >= 4 is 55.5 Å². The summed E-state index contributed by atoms with van der Waals surface area (Å²) < 4.78 is 50.0. The Balaban J connectivity index is 0.000000264. The van der Waals surface area contributed by atoms with E-state index < -0.39 is 28.4 Å². The van der Waals surface area contributed by atoms with Crippen LogP contribution in [0.5, 0.6) is 11.5 Å².